The summed E-state index contributed by atoms with van der Waals surface area (Å²) in [6.07, 6.45) is 1.72. The monoisotopic (exact) mass is 272 g/mol. The third-order valence-electron chi connectivity index (χ3n) is 4.44. The molecule has 1 spiro atoms. The number of carbonyl (C=O) groups is 1. The summed E-state index contributed by atoms with van der Waals surface area (Å²) in [5.74, 6) is 0.492. The van der Waals surface area contributed by atoms with E-state index in [1.54, 1.807) is 0 Å². The van der Waals surface area contributed by atoms with Crippen molar-refractivity contribution in [2.75, 3.05) is 20.1 Å². The van der Waals surface area contributed by atoms with Gasteiger partial charge in [0.05, 0.1) is 0 Å². The van der Waals surface area contributed by atoms with E-state index in [2.05, 4.69) is 16.9 Å². The zero-order chi connectivity index (χ0) is 14.2. The first-order valence-electron chi connectivity index (χ1n) is 7.00. The molecule has 0 unspecified atom stereocenters. The number of nitrogens with zero attached hydrogens (tertiary/aromatic N) is 3. The summed E-state index contributed by atoms with van der Waals surface area (Å²) in [6, 6.07) is 9.82. The lowest BCUT2D eigenvalue weighted by Gasteiger charge is -2.43. The Morgan fingerprint density at radius 3 is 2.55 bits per heavy atom. The Labute approximate surface area is 119 Å². The summed E-state index contributed by atoms with van der Waals surface area (Å²) in [5, 5.41) is 0. The van der Waals surface area contributed by atoms with Gasteiger partial charge in [0, 0.05) is 19.6 Å². The number of likely N-dealkylation sites (tertiary alicyclic amines) is 1. The van der Waals surface area contributed by atoms with Gasteiger partial charge in [-0.05, 0) is 25.5 Å². The van der Waals surface area contributed by atoms with Crippen molar-refractivity contribution in [3.63, 3.8) is 0 Å². The Bertz CT molecular complexity index is 532. The highest BCUT2D eigenvalue weighted by atomic mass is 16.2. The molecule has 3 rings (SSSR count). The van der Waals surface area contributed by atoms with Gasteiger partial charge in [-0.2, -0.15) is 4.99 Å². The highest BCUT2D eigenvalue weighted by Crippen LogP contribution is 2.34. The zero-order valence-electron chi connectivity index (χ0n) is 11.7. The summed E-state index contributed by atoms with van der Waals surface area (Å²) >= 11 is 0. The number of hydrogen-bond donors (Lipinski definition) is 1. The van der Waals surface area contributed by atoms with Crippen LogP contribution in [0.15, 0.2) is 35.3 Å². The minimum absolute atomic E-state index is 0.198. The van der Waals surface area contributed by atoms with Crippen LogP contribution in [0.4, 0.5) is 4.79 Å². The first-order valence-corrected chi connectivity index (χ1v) is 7.00. The molecule has 0 bridgehead atoms. The van der Waals surface area contributed by atoms with E-state index in [9.17, 15) is 4.79 Å². The molecule has 20 heavy (non-hydrogen) atoms. The molecule has 2 amide bonds. The van der Waals surface area contributed by atoms with Gasteiger partial charge in [0.25, 0.3) is 0 Å². The number of amides is 2. The van der Waals surface area contributed by atoms with Crippen LogP contribution < -0.4 is 5.73 Å². The number of amidine groups is 1. The molecule has 1 aromatic carbocycles. The van der Waals surface area contributed by atoms with E-state index in [-0.39, 0.29) is 11.6 Å². The van der Waals surface area contributed by atoms with Gasteiger partial charge in [0.15, 0.2) is 0 Å². The van der Waals surface area contributed by atoms with Gasteiger partial charge in [-0.1, -0.05) is 30.3 Å². The highest BCUT2D eigenvalue weighted by Gasteiger charge is 2.49. The van der Waals surface area contributed by atoms with Crippen LogP contribution in [0, 0.1) is 0 Å². The van der Waals surface area contributed by atoms with Crippen molar-refractivity contribution in [1.29, 1.82) is 0 Å². The van der Waals surface area contributed by atoms with Gasteiger partial charge in [-0.25, -0.2) is 4.79 Å². The van der Waals surface area contributed by atoms with Crippen LogP contribution in [-0.4, -0.2) is 47.3 Å². The number of nitrogens with two attached hydrogens (primary N) is 1. The lowest BCUT2D eigenvalue weighted by atomic mass is 9.85. The van der Waals surface area contributed by atoms with Crippen molar-refractivity contribution in [2.24, 2.45) is 10.7 Å². The van der Waals surface area contributed by atoms with E-state index in [0.29, 0.717) is 12.4 Å². The van der Waals surface area contributed by atoms with E-state index < -0.39 is 0 Å². The maximum absolute atomic E-state index is 12.2. The van der Waals surface area contributed by atoms with Crippen molar-refractivity contribution < 1.29 is 4.79 Å². The number of carbonyl (C=O) groups excluding carboxylic acids is 1. The third-order valence-corrected chi connectivity index (χ3v) is 4.44. The van der Waals surface area contributed by atoms with E-state index >= 15 is 0 Å². The maximum Gasteiger partial charge on any atom is 0.346 e. The summed E-state index contributed by atoms with van der Waals surface area (Å²) in [7, 11) is 2.10. The van der Waals surface area contributed by atoms with Crippen LogP contribution >= 0.6 is 0 Å². The van der Waals surface area contributed by atoms with Gasteiger partial charge in [-0.15, -0.1) is 0 Å². The molecule has 1 aromatic rings. The van der Waals surface area contributed by atoms with Crippen LogP contribution in [-0.2, 0) is 6.54 Å². The molecule has 1 saturated heterocycles. The zero-order valence-corrected chi connectivity index (χ0v) is 11.7. The summed E-state index contributed by atoms with van der Waals surface area (Å²) in [5.41, 5.74) is 6.83. The fraction of sp³-hybridized carbons (Fsp3) is 0.467. The molecule has 2 N–H and O–H groups in total. The van der Waals surface area contributed by atoms with Crippen LogP contribution in [0.25, 0.3) is 0 Å². The Kier molecular flexibility index (Phi) is 3.22. The number of piperidine rings is 1. The summed E-state index contributed by atoms with van der Waals surface area (Å²) in [6.45, 7) is 2.46. The minimum Gasteiger partial charge on any atom is -0.385 e. The fourth-order valence-corrected chi connectivity index (χ4v) is 3.09. The number of urea groups is 1. The molecule has 1 fully saturated rings. The second-order valence-corrected chi connectivity index (χ2v) is 5.69. The van der Waals surface area contributed by atoms with Gasteiger partial charge in [0.2, 0.25) is 0 Å². The van der Waals surface area contributed by atoms with E-state index in [4.69, 9.17) is 5.73 Å². The summed E-state index contributed by atoms with van der Waals surface area (Å²) < 4.78 is 0. The van der Waals surface area contributed by atoms with Gasteiger partial charge in [0.1, 0.15) is 11.4 Å². The smallest absolute Gasteiger partial charge is 0.346 e. The lowest BCUT2D eigenvalue weighted by Crippen LogP contribution is -2.58. The van der Waals surface area contributed by atoms with Gasteiger partial charge in [-0.3, -0.25) is 0 Å². The van der Waals surface area contributed by atoms with Gasteiger partial charge < -0.3 is 15.5 Å². The quantitative estimate of drug-likeness (QED) is 0.886. The first kappa shape index (κ1) is 13.1. The Morgan fingerprint density at radius 1 is 1.25 bits per heavy atom. The normalized spacial score (nSPS) is 22.4. The largest absolute Gasteiger partial charge is 0.385 e. The van der Waals surface area contributed by atoms with Crippen LogP contribution in [0.5, 0.6) is 0 Å². The van der Waals surface area contributed by atoms with Gasteiger partial charge >= 0.3 is 6.03 Å². The van der Waals surface area contributed by atoms with Crippen molar-refractivity contribution in [3.05, 3.63) is 35.9 Å². The highest BCUT2D eigenvalue weighted by molar-refractivity contribution is 6.05. The second-order valence-electron chi connectivity index (χ2n) is 5.69. The van der Waals surface area contributed by atoms with E-state index in [1.165, 1.54) is 0 Å². The van der Waals surface area contributed by atoms with E-state index in [0.717, 1.165) is 31.5 Å². The number of aliphatic imine (C=N–C) groups is 1. The molecule has 2 heterocycles. The van der Waals surface area contributed by atoms with E-state index in [1.807, 2.05) is 35.2 Å². The summed E-state index contributed by atoms with van der Waals surface area (Å²) in [4.78, 5) is 20.3. The molecule has 5 nitrogen and oxygen atoms in total. The van der Waals surface area contributed by atoms with Crippen LogP contribution in [0.1, 0.15) is 18.4 Å². The third kappa shape index (κ3) is 2.08. The Balaban J connectivity index is 1.86. The predicted molar refractivity (Wildman–Crippen MR) is 78.5 cm³/mol. The molecular formula is C15H20N4O. The molecule has 0 aromatic heterocycles. The molecule has 0 saturated carbocycles. The van der Waals surface area contributed by atoms with Crippen LogP contribution in [0.2, 0.25) is 0 Å². The fourth-order valence-electron chi connectivity index (χ4n) is 3.09. The lowest BCUT2D eigenvalue weighted by molar-refractivity contribution is 0.108. The van der Waals surface area contributed by atoms with Crippen molar-refractivity contribution >= 4 is 11.9 Å². The topological polar surface area (TPSA) is 61.9 Å². The molecule has 106 valence electrons. The molecule has 0 aliphatic carbocycles. The molecular weight excluding hydrogens is 252 g/mol. The average molecular weight is 272 g/mol. The molecule has 5 heteroatoms. The number of rotatable bonds is 2. The average Bonchev–Trinajstić information content (AvgIpc) is 2.68. The van der Waals surface area contributed by atoms with Crippen molar-refractivity contribution in [1.82, 2.24) is 9.80 Å². The molecule has 0 atom stereocenters. The SMILES string of the molecule is CN1CCC2(CC1)C(N)=NC(=O)N2Cc1ccccc1. The predicted octanol–water partition coefficient (Wildman–Crippen LogP) is 1.44. The Hall–Kier alpha value is -1.88. The maximum atomic E-state index is 12.2. The van der Waals surface area contributed by atoms with Crippen molar-refractivity contribution in [2.45, 2.75) is 24.9 Å². The molecule has 0 radical (unpaired) electrons. The number of benzene rings is 1. The second kappa shape index (κ2) is 4.90. The standard InChI is InChI=1S/C15H20N4O/c1-18-9-7-15(8-10-18)13(16)17-14(20)19(15)11-12-5-3-2-4-6-12/h2-6H,7-11H2,1H3,(H2,16,17,20). The number of hydrogen-bond acceptors (Lipinski definition) is 3. The van der Waals surface area contributed by atoms with Crippen LogP contribution in [0.3, 0.4) is 0 Å². The molecule has 2 aliphatic rings. The first-order chi connectivity index (χ1) is 9.62. The minimum atomic E-state index is -0.376. The molecule has 2 aliphatic heterocycles. The Morgan fingerprint density at radius 2 is 1.90 bits per heavy atom. The van der Waals surface area contributed by atoms with Crippen molar-refractivity contribution in [3.8, 4) is 0 Å².